The molecule has 5 nitrogen and oxygen atoms in total. The van der Waals surface area contributed by atoms with Gasteiger partial charge in [-0.2, -0.15) is 0 Å². The predicted molar refractivity (Wildman–Crippen MR) is 136 cm³/mol. The van der Waals surface area contributed by atoms with Crippen molar-refractivity contribution in [1.29, 1.82) is 0 Å². The summed E-state index contributed by atoms with van der Waals surface area (Å²) in [6, 6.07) is 12.3. The molecule has 5 heteroatoms. The fourth-order valence-electron chi connectivity index (χ4n) is 5.10. The lowest BCUT2D eigenvalue weighted by Gasteiger charge is -2.19. The maximum absolute atomic E-state index is 10.7. The minimum absolute atomic E-state index is 0.00727. The summed E-state index contributed by atoms with van der Waals surface area (Å²) in [5, 5.41) is 24.6. The molecule has 34 heavy (non-hydrogen) atoms. The summed E-state index contributed by atoms with van der Waals surface area (Å²) in [7, 11) is 0. The fraction of sp³-hybridized carbons (Fsp3) is 0.483. The topological polar surface area (TPSA) is 74.6 Å². The first kappa shape index (κ1) is 24.3. The molecular weight excluding hydrogens is 424 g/mol. The van der Waals surface area contributed by atoms with E-state index in [1.165, 1.54) is 11.1 Å². The van der Waals surface area contributed by atoms with Gasteiger partial charge in [0.15, 0.2) is 0 Å². The summed E-state index contributed by atoms with van der Waals surface area (Å²) in [5.74, 6) is 7.97. The lowest BCUT2D eigenvalue weighted by Crippen LogP contribution is -2.19. The van der Waals surface area contributed by atoms with Crippen LogP contribution in [0.4, 0.5) is 5.82 Å². The molecule has 0 spiro atoms. The first-order valence-electron chi connectivity index (χ1n) is 12.5. The number of hydrogen-bond donors (Lipinski definition) is 3. The smallest absolute Gasteiger partial charge is 0.126 e. The quantitative estimate of drug-likeness (QED) is 0.272. The van der Waals surface area contributed by atoms with E-state index in [1.807, 2.05) is 44.2 Å². The van der Waals surface area contributed by atoms with Crippen molar-refractivity contribution in [3.63, 3.8) is 0 Å². The minimum atomic E-state index is -0.570. The number of rotatable bonds is 10. The third kappa shape index (κ3) is 5.63. The van der Waals surface area contributed by atoms with E-state index in [2.05, 4.69) is 40.3 Å². The number of aliphatic hydroxyl groups is 2. The fourth-order valence-corrected chi connectivity index (χ4v) is 5.10. The third-order valence-electron chi connectivity index (χ3n) is 7.05. The second-order valence-electron chi connectivity index (χ2n) is 9.48. The van der Waals surface area contributed by atoms with E-state index < -0.39 is 12.2 Å². The summed E-state index contributed by atoms with van der Waals surface area (Å²) in [4.78, 5) is 4.30. The van der Waals surface area contributed by atoms with Crippen LogP contribution < -0.4 is 10.1 Å². The number of aryl methyl sites for hydroxylation is 1. The number of ether oxygens (including phenoxy) is 1. The highest BCUT2D eigenvalue weighted by Crippen LogP contribution is 2.52. The number of aromatic nitrogens is 1. The lowest BCUT2D eigenvalue weighted by atomic mass is 9.86. The number of benzene rings is 1. The van der Waals surface area contributed by atoms with Crippen molar-refractivity contribution in [2.24, 2.45) is 11.8 Å². The zero-order chi connectivity index (χ0) is 23.9. The number of fused-ring (bicyclic) bond motifs is 3. The molecule has 0 bridgehead atoms. The minimum Gasteiger partial charge on any atom is -0.489 e. The Morgan fingerprint density at radius 1 is 1.24 bits per heavy atom. The predicted octanol–water partition coefficient (Wildman–Crippen LogP) is 4.71. The normalized spacial score (nSPS) is 24.6. The van der Waals surface area contributed by atoms with Gasteiger partial charge in [-0.3, -0.25) is 0 Å². The SMILES string of the molecule is CC#CC[C@H](C)[C@H](O)C=C[C@@H]1[C@H]2c3cccc(CCCCNc4ccccn4)c3O[C@H]2C[C@H]1O. The summed E-state index contributed by atoms with van der Waals surface area (Å²) >= 11 is 0. The van der Waals surface area contributed by atoms with E-state index in [0.717, 1.165) is 37.4 Å². The molecule has 0 unspecified atom stereocenters. The van der Waals surface area contributed by atoms with Gasteiger partial charge in [-0.05, 0) is 49.8 Å². The molecule has 0 amide bonds. The molecule has 0 radical (unpaired) electrons. The molecule has 3 N–H and O–H groups in total. The van der Waals surface area contributed by atoms with Gasteiger partial charge < -0.3 is 20.3 Å². The van der Waals surface area contributed by atoms with Crippen LogP contribution in [0, 0.1) is 23.7 Å². The van der Waals surface area contributed by atoms with Gasteiger partial charge in [-0.15, -0.1) is 11.8 Å². The van der Waals surface area contributed by atoms with Gasteiger partial charge in [-0.1, -0.05) is 43.3 Å². The number of nitrogens with zero attached hydrogens (tertiary/aromatic N) is 1. The molecule has 2 heterocycles. The molecule has 2 aromatic rings. The van der Waals surface area contributed by atoms with Crippen molar-refractivity contribution in [3.8, 4) is 17.6 Å². The molecule has 1 aliphatic carbocycles. The molecule has 4 rings (SSSR count). The van der Waals surface area contributed by atoms with E-state index in [0.29, 0.717) is 12.8 Å². The Balaban J connectivity index is 1.37. The monoisotopic (exact) mass is 460 g/mol. The molecule has 180 valence electrons. The van der Waals surface area contributed by atoms with E-state index in [9.17, 15) is 10.2 Å². The van der Waals surface area contributed by atoms with Crippen LogP contribution in [0.5, 0.6) is 5.75 Å². The van der Waals surface area contributed by atoms with Crippen molar-refractivity contribution in [1.82, 2.24) is 4.98 Å². The van der Waals surface area contributed by atoms with Gasteiger partial charge >= 0.3 is 0 Å². The van der Waals surface area contributed by atoms with Crippen LogP contribution in [-0.4, -0.2) is 40.1 Å². The zero-order valence-corrected chi connectivity index (χ0v) is 20.2. The first-order chi connectivity index (χ1) is 16.6. The second-order valence-corrected chi connectivity index (χ2v) is 9.48. The van der Waals surface area contributed by atoms with Crippen molar-refractivity contribution in [3.05, 3.63) is 65.9 Å². The molecule has 1 aromatic heterocycles. The Labute approximate surface area is 203 Å². The van der Waals surface area contributed by atoms with Crippen LogP contribution in [-0.2, 0) is 6.42 Å². The van der Waals surface area contributed by atoms with Gasteiger partial charge in [0.1, 0.15) is 17.7 Å². The van der Waals surface area contributed by atoms with E-state index in [4.69, 9.17) is 4.74 Å². The van der Waals surface area contributed by atoms with Crippen molar-refractivity contribution < 1.29 is 14.9 Å². The number of para-hydroxylation sites is 1. The van der Waals surface area contributed by atoms with Gasteiger partial charge in [0.25, 0.3) is 0 Å². The average molecular weight is 461 g/mol. The van der Waals surface area contributed by atoms with Crippen LogP contribution >= 0.6 is 0 Å². The standard InChI is InChI=1S/C29H36N2O3/c1-3-4-10-20(2)24(32)16-15-22-25(33)19-26-28(22)23-13-9-12-21(29(23)34-26)11-5-7-17-30-27-14-6-8-18-31-27/h6,8-9,12-16,18,20,22,24-26,28,32-33H,5,7,10-11,17,19H2,1-2H3,(H,30,31)/t20-,22-,24+,25+,26-,28-/m0/s1. The maximum Gasteiger partial charge on any atom is 0.126 e. The second kappa shape index (κ2) is 11.6. The van der Waals surface area contributed by atoms with Crippen LogP contribution in [0.1, 0.15) is 56.6 Å². The largest absolute Gasteiger partial charge is 0.489 e. The third-order valence-corrected chi connectivity index (χ3v) is 7.05. The Hall–Kier alpha value is -2.81. The zero-order valence-electron chi connectivity index (χ0n) is 20.2. The van der Waals surface area contributed by atoms with Gasteiger partial charge in [-0.25, -0.2) is 4.98 Å². The molecule has 0 saturated heterocycles. The Morgan fingerprint density at radius 2 is 2.12 bits per heavy atom. The van der Waals surface area contributed by atoms with Crippen LogP contribution in [0.3, 0.4) is 0 Å². The molecule has 2 aliphatic rings. The molecule has 6 atom stereocenters. The number of aliphatic hydroxyl groups excluding tert-OH is 2. The van der Waals surface area contributed by atoms with E-state index >= 15 is 0 Å². The average Bonchev–Trinajstić information content (AvgIpc) is 3.36. The Morgan fingerprint density at radius 3 is 2.91 bits per heavy atom. The van der Waals surface area contributed by atoms with Crippen LogP contribution in [0.25, 0.3) is 0 Å². The number of unbranched alkanes of at least 4 members (excludes halogenated alkanes) is 1. The maximum atomic E-state index is 10.7. The van der Waals surface area contributed by atoms with Crippen molar-refractivity contribution in [2.45, 2.75) is 70.2 Å². The van der Waals surface area contributed by atoms with Gasteiger partial charge in [0, 0.05) is 43.0 Å². The summed E-state index contributed by atoms with van der Waals surface area (Å²) in [6.45, 7) is 4.70. The van der Waals surface area contributed by atoms with Gasteiger partial charge in [0.2, 0.25) is 0 Å². The van der Waals surface area contributed by atoms with Crippen molar-refractivity contribution >= 4 is 5.82 Å². The summed E-state index contributed by atoms with van der Waals surface area (Å²) in [5.41, 5.74) is 2.44. The molecule has 1 fully saturated rings. The number of nitrogens with one attached hydrogen (secondary N) is 1. The van der Waals surface area contributed by atoms with E-state index in [-0.39, 0.29) is 23.9 Å². The molecule has 1 saturated carbocycles. The molecule has 1 aliphatic heterocycles. The van der Waals surface area contributed by atoms with Crippen LogP contribution in [0.2, 0.25) is 0 Å². The Kier molecular flexibility index (Phi) is 8.26. The number of hydrogen-bond acceptors (Lipinski definition) is 5. The number of pyridine rings is 1. The summed E-state index contributed by atoms with van der Waals surface area (Å²) in [6.07, 6.45) is 8.96. The van der Waals surface area contributed by atoms with Crippen molar-refractivity contribution in [2.75, 3.05) is 11.9 Å². The first-order valence-corrected chi connectivity index (χ1v) is 12.5. The van der Waals surface area contributed by atoms with E-state index in [1.54, 1.807) is 6.20 Å². The van der Waals surface area contributed by atoms with Crippen LogP contribution in [0.15, 0.2) is 54.7 Å². The number of anilines is 1. The summed E-state index contributed by atoms with van der Waals surface area (Å²) < 4.78 is 6.40. The Bertz CT molecular complexity index is 1030. The highest BCUT2D eigenvalue weighted by atomic mass is 16.5. The lowest BCUT2D eigenvalue weighted by molar-refractivity contribution is 0.134. The highest BCUT2D eigenvalue weighted by Gasteiger charge is 2.48. The molecule has 1 aromatic carbocycles. The highest BCUT2D eigenvalue weighted by molar-refractivity contribution is 5.49. The van der Waals surface area contributed by atoms with Gasteiger partial charge in [0.05, 0.1) is 12.2 Å². The molecular formula is C29H36N2O3.